The number of hydrogen-bond acceptors (Lipinski definition) is 4. The second-order valence-electron chi connectivity index (χ2n) is 1.22. The van der Waals surface area contributed by atoms with Gasteiger partial charge < -0.3 is 14.7 Å². The van der Waals surface area contributed by atoms with Gasteiger partial charge in [-0.25, -0.2) is 9.13 Å². The Hall–Kier alpha value is 2.26. The molecule has 1 atom stereocenters. The van der Waals surface area contributed by atoms with Crippen molar-refractivity contribution in [1.29, 1.82) is 0 Å². The molecular weight excluding hydrogens is 232 g/mol. The van der Waals surface area contributed by atoms with E-state index in [4.69, 9.17) is 14.7 Å². The third-order valence-electron chi connectivity index (χ3n) is 0.440. The molecule has 0 bridgehead atoms. The fraction of sp³-hybridized carbons (Fsp3) is 1.00. The van der Waals surface area contributed by atoms with E-state index in [0.717, 1.165) is 7.11 Å². The van der Waals surface area contributed by atoms with Crippen LogP contribution in [0.25, 0.3) is 0 Å². The van der Waals surface area contributed by atoms with E-state index in [1.54, 1.807) is 0 Å². The Bertz CT molecular complexity index is 198. The number of phosphoric ester groups is 1. The Kier molecular flexibility index (Phi) is 12.4. The van der Waals surface area contributed by atoms with Gasteiger partial charge in [0, 0.05) is 7.11 Å². The van der Waals surface area contributed by atoms with E-state index >= 15 is 0 Å². The van der Waals surface area contributed by atoms with Crippen LogP contribution in [0.15, 0.2) is 0 Å². The SMILES string of the molecule is COP(=O)(O)OP(=O)(O)O.[NaH].[NaH]. The van der Waals surface area contributed by atoms with Gasteiger partial charge >= 0.3 is 74.8 Å². The minimum absolute atomic E-state index is 0. The molecule has 0 saturated carbocycles. The molecule has 0 aromatic carbocycles. The molecule has 0 fully saturated rings. The van der Waals surface area contributed by atoms with Crippen molar-refractivity contribution < 1.29 is 32.6 Å². The first-order valence-electron chi connectivity index (χ1n) is 1.92. The molecule has 0 heterocycles. The molecule has 0 aromatic heterocycles. The predicted octanol–water partition coefficient (Wildman–Crippen LogP) is -1.45. The van der Waals surface area contributed by atoms with Crippen molar-refractivity contribution >= 4 is 74.8 Å². The van der Waals surface area contributed by atoms with Crippen LogP contribution >= 0.6 is 15.6 Å². The number of phosphoric acid groups is 2. The van der Waals surface area contributed by atoms with E-state index in [-0.39, 0.29) is 59.1 Å². The summed E-state index contributed by atoms with van der Waals surface area (Å²) in [4.78, 5) is 24.2. The average Bonchev–Trinajstić information content (AvgIpc) is 1.60. The topological polar surface area (TPSA) is 113 Å². The molecule has 11 heteroatoms. The Morgan fingerprint density at radius 1 is 1.08 bits per heavy atom. The molecule has 0 spiro atoms. The third-order valence-corrected chi connectivity index (χ3v) is 2.58. The Balaban J connectivity index is -0.000000405. The van der Waals surface area contributed by atoms with Crippen LogP contribution in [0.2, 0.25) is 0 Å². The molecule has 0 saturated heterocycles. The number of rotatable bonds is 3. The van der Waals surface area contributed by atoms with Crippen LogP contribution in [0.4, 0.5) is 0 Å². The van der Waals surface area contributed by atoms with Crippen molar-refractivity contribution in [3.8, 4) is 0 Å². The molecule has 0 aliphatic rings. The van der Waals surface area contributed by atoms with E-state index in [1.165, 1.54) is 0 Å². The third kappa shape index (κ3) is 12.3. The van der Waals surface area contributed by atoms with Gasteiger partial charge in [0.25, 0.3) is 0 Å². The second-order valence-corrected chi connectivity index (χ2v) is 4.16. The molecule has 1 unspecified atom stereocenters. The summed E-state index contributed by atoms with van der Waals surface area (Å²) in [5.74, 6) is 0. The van der Waals surface area contributed by atoms with Crippen LogP contribution in [0.5, 0.6) is 0 Å². The van der Waals surface area contributed by atoms with Gasteiger partial charge in [0.05, 0.1) is 0 Å². The zero-order valence-electron chi connectivity index (χ0n) is 4.87. The Labute approximate surface area is 113 Å². The van der Waals surface area contributed by atoms with Gasteiger partial charge in [-0.15, -0.1) is 0 Å². The molecule has 0 rings (SSSR count). The normalized spacial score (nSPS) is 15.3. The zero-order valence-corrected chi connectivity index (χ0v) is 6.66. The molecule has 0 radical (unpaired) electrons. The van der Waals surface area contributed by atoms with Gasteiger partial charge in [-0.05, 0) is 0 Å². The standard InChI is InChI=1S/CH6O7P2.2Na.2H/c1-7-10(5,6)8-9(2,3)4;;;;/h1H3,(H,5,6)(H2,2,3,4);;;;. The molecule has 0 aromatic rings. The van der Waals surface area contributed by atoms with Crippen molar-refractivity contribution in [3.63, 3.8) is 0 Å². The summed E-state index contributed by atoms with van der Waals surface area (Å²) in [7, 11) is -8.71. The van der Waals surface area contributed by atoms with Gasteiger partial charge in [0.2, 0.25) is 0 Å². The second kappa shape index (κ2) is 7.54. The quantitative estimate of drug-likeness (QED) is 0.408. The maximum absolute atomic E-state index is 10.2. The first-order valence-corrected chi connectivity index (χ1v) is 4.95. The molecule has 0 aliphatic heterocycles. The molecule has 7 nitrogen and oxygen atoms in total. The first kappa shape index (κ1) is 19.8. The zero-order chi connectivity index (χ0) is 8.41. The molecule has 12 heavy (non-hydrogen) atoms. The monoisotopic (exact) mass is 240 g/mol. The van der Waals surface area contributed by atoms with Crippen molar-refractivity contribution in [2.75, 3.05) is 7.11 Å². The average molecular weight is 240 g/mol. The van der Waals surface area contributed by atoms with E-state index < -0.39 is 15.6 Å². The van der Waals surface area contributed by atoms with Gasteiger partial charge in [-0.2, -0.15) is 4.31 Å². The van der Waals surface area contributed by atoms with E-state index in [2.05, 4.69) is 8.83 Å². The molecular formula is CH8Na2O7P2. The summed E-state index contributed by atoms with van der Waals surface area (Å²) in [5, 5.41) is 0. The van der Waals surface area contributed by atoms with Crippen LogP contribution in [0.1, 0.15) is 0 Å². The van der Waals surface area contributed by atoms with Gasteiger partial charge in [0.1, 0.15) is 0 Å². The summed E-state index contributed by atoms with van der Waals surface area (Å²) in [6.07, 6.45) is 0. The van der Waals surface area contributed by atoms with E-state index in [0.29, 0.717) is 0 Å². The van der Waals surface area contributed by atoms with E-state index in [9.17, 15) is 9.13 Å². The minimum atomic E-state index is -4.94. The Morgan fingerprint density at radius 3 is 1.50 bits per heavy atom. The van der Waals surface area contributed by atoms with Gasteiger partial charge in [0.15, 0.2) is 0 Å². The summed E-state index contributed by atoms with van der Waals surface area (Å²) >= 11 is 0. The Morgan fingerprint density at radius 2 is 1.42 bits per heavy atom. The molecule has 0 amide bonds. The van der Waals surface area contributed by atoms with Crippen LogP contribution in [-0.4, -0.2) is 80.9 Å². The fourth-order valence-corrected chi connectivity index (χ4v) is 1.51. The summed E-state index contributed by atoms with van der Waals surface area (Å²) in [6.45, 7) is 0. The summed E-state index contributed by atoms with van der Waals surface area (Å²) < 4.78 is 27.1. The summed E-state index contributed by atoms with van der Waals surface area (Å²) in [6, 6.07) is 0. The van der Waals surface area contributed by atoms with E-state index in [1.807, 2.05) is 0 Å². The van der Waals surface area contributed by atoms with Crippen molar-refractivity contribution in [2.45, 2.75) is 0 Å². The van der Waals surface area contributed by atoms with Crippen molar-refractivity contribution in [1.82, 2.24) is 0 Å². The molecule has 3 N–H and O–H groups in total. The summed E-state index contributed by atoms with van der Waals surface area (Å²) in [5.41, 5.74) is 0. The number of hydrogen-bond donors (Lipinski definition) is 3. The van der Waals surface area contributed by atoms with Crippen LogP contribution < -0.4 is 0 Å². The van der Waals surface area contributed by atoms with Crippen molar-refractivity contribution in [2.24, 2.45) is 0 Å². The predicted molar refractivity (Wildman–Crippen MR) is 44.3 cm³/mol. The van der Waals surface area contributed by atoms with Gasteiger partial charge in [-0.3, -0.25) is 4.52 Å². The fourth-order valence-electron chi connectivity index (χ4n) is 0.168. The van der Waals surface area contributed by atoms with Crippen LogP contribution in [0.3, 0.4) is 0 Å². The van der Waals surface area contributed by atoms with Crippen LogP contribution in [-0.2, 0) is 18.0 Å². The van der Waals surface area contributed by atoms with Crippen LogP contribution in [0, 0.1) is 0 Å². The first-order chi connectivity index (χ1) is 4.27. The maximum atomic E-state index is 10.2. The van der Waals surface area contributed by atoms with Gasteiger partial charge in [-0.1, -0.05) is 0 Å². The molecule has 66 valence electrons. The molecule has 0 aliphatic carbocycles. The van der Waals surface area contributed by atoms with Crippen molar-refractivity contribution in [3.05, 3.63) is 0 Å².